The van der Waals surface area contributed by atoms with Gasteiger partial charge in [0.2, 0.25) is 21.9 Å². The van der Waals surface area contributed by atoms with Gasteiger partial charge in [-0.15, -0.1) is 12.4 Å². The van der Waals surface area contributed by atoms with E-state index in [9.17, 15) is 13.2 Å². The van der Waals surface area contributed by atoms with Gasteiger partial charge in [-0.2, -0.15) is 0 Å². The van der Waals surface area contributed by atoms with Crippen LogP contribution in [0.2, 0.25) is 0 Å². The molecule has 4 aliphatic rings. The molecule has 5 rings (SSSR count). The molecule has 5 heterocycles. The number of unbranched alkanes of at least 4 members (excludes halogenated alkanes) is 1. The average molecular weight is 458 g/mol. The number of hydrogen-bond acceptors (Lipinski definition) is 8. The van der Waals surface area contributed by atoms with Crippen LogP contribution in [0.4, 0.5) is 5.95 Å². The summed E-state index contributed by atoms with van der Waals surface area (Å²) in [4.78, 5) is 25.9. The molecule has 2 bridgehead atoms. The van der Waals surface area contributed by atoms with Crippen LogP contribution >= 0.6 is 12.4 Å². The molecule has 166 valence electrons. The van der Waals surface area contributed by atoms with E-state index in [2.05, 4.69) is 19.8 Å². The van der Waals surface area contributed by atoms with E-state index in [0.29, 0.717) is 13.0 Å². The summed E-state index contributed by atoms with van der Waals surface area (Å²) >= 11 is 0. The number of halogens is 1. The molecule has 4 aliphatic heterocycles. The number of hydrogen-bond donors (Lipinski definition) is 0. The Balaban J connectivity index is 0.00000218. The highest BCUT2D eigenvalue weighted by Crippen LogP contribution is 2.48. The van der Waals surface area contributed by atoms with Crippen LogP contribution in [-0.4, -0.2) is 90.2 Å². The maximum atomic E-state index is 12.8. The summed E-state index contributed by atoms with van der Waals surface area (Å²) in [5.74, 6) is 0.0686. The standard InChI is InChI=1S/C19H27N5O4S.ClH/c25-18-16-14-4-5-15(28-14)17(16)29(26,27)24(18)9-2-1-8-22-10-12-23(13-11-22)19-20-6-3-7-21-19;/h3,6-7,14-17H,1-2,4-5,8-13H2;1H. The molecule has 1 aromatic rings. The molecular weight excluding hydrogens is 430 g/mol. The van der Waals surface area contributed by atoms with Gasteiger partial charge in [0.05, 0.1) is 18.1 Å². The number of aromatic nitrogens is 2. The molecule has 4 unspecified atom stereocenters. The molecule has 4 saturated heterocycles. The van der Waals surface area contributed by atoms with E-state index in [1.54, 1.807) is 12.4 Å². The molecule has 11 heteroatoms. The zero-order chi connectivity index (χ0) is 20.0. The van der Waals surface area contributed by atoms with Crippen molar-refractivity contribution in [3.8, 4) is 0 Å². The van der Waals surface area contributed by atoms with Gasteiger partial charge in [0, 0.05) is 45.1 Å². The summed E-state index contributed by atoms with van der Waals surface area (Å²) in [6.45, 7) is 4.84. The zero-order valence-electron chi connectivity index (χ0n) is 16.8. The van der Waals surface area contributed by atoms with Crippen LogP contribution in [0.25, 0.3) is 0 Å². The maximum Gasteiger partial charge on any atom is 0.243 e. The number of ether oxygens (including phenoxy) is 1. The SMILES string of the molecule is Cl.O=C1C2C3CCC(O3)C2S(=O)(=O)N1CCCCN1CCN(c2ncccn2)CC1. The van der Waals surface area contributed by atoms with Crippen LogP contribution in [0.1, 0.15) is 25.7 Å². The Morgan fingerprint density at radius 3 is 2.37 bits per heavy atom. The lowest BCUT2D eigenvalue weighted by Crippen LogP contribution is -2.47. The lowest BCUT2D eigenvalue weighted by Gasteiger charge is -2.34. The first-order valence-electron chi connectivity index (χ1n) is 10.5. The topological polar surface area (TPSA) is 95.9 Å². The molecule has 4 fully saturated rings. The summed E-state index contributed by atoms with van der Waals surface area (Å²) in [5, 5.41) is -0.637. The summed E-state index contributed by atoms with van der Waals surface area (Å²) in [6.07, 6.45) is 6.17. The third-order valence-corrected chi connectivity index (χ3v) is 8.94. The molecule has 0 spiro atoms. The van der Waals surface area contributed by atoms with Crippen molar-refractivity contribution in [3.05, 3.63) is 18.5 Å². The fourth-order valence-electron chi connectivity index (χ4n) is 5.21. The van der Waals surface area contributed by atoms with Crippen LogP contribution in [-0.2, 0) is 19.6 Å². The van der Waals surface area contributed by atoms with Gasteiger partial charge in [-0.1, -0.05) is 0 Å². The first-order chi connectivity index (χ1) is 14.1. The van der Waals surface area contributed by atoms with Crippen LogP contribution in [0.15, 0.2) is 18.5 Å². The molecule has 1 amide bonds. The summed E-state index contributed by atoms with van der Waals surface area (Å²) in [6, 6.07) is 1.82. The Morgan fingerprint density at radius 2 is 1.67 bits per heavy atom. The lowest BCUT2D eigenvalue weighted by molar-refractivity contribution is -0.130. The molecule has 30 heavy (non-hydrogen) atoms. The van der Waals surface area contributed by atoms with Crippen molar-refractivity contribution in [3.63, 3.8) is 0 Å². The van der Waals surface area contributed by atoms with Gasteiger partial charge in [0.1, 0.15) is 5.25 Å². The van der Waals surface area contributed by atoms with E-state index in [1.165, 1.54) is 0 Å². The minimum absolute atomic E-state index is 0. The normalized spacial score (nSPS) is 32.3. The third kappa shape index (κ3) is 3.68. The molecule has 9 nitrogen and oxygen atoms in total. The van der Waals surface area contributed by atoms with Gasteiger partial charge in [-0.05, 0) is 38.3 Å². The second-order valence-electron chi connectivity index (χ2n) is 8.32. The summed E-state index contributed by atoms with van der Waals surface area (Å²) in [7, 11) is -3.56. The largest absolute Gasteiger partial charge is 0.373 e. The molecule has 0 saturated carbocycles. The Morgan fingerprint density at radius 1 is 1.00 bits per heavy atom. The highest BCUT2D eigenvalue weighted by molar-refractivity contribution is 7.90. The Kier molecular flexibility index (Phi) is 6.20. The van der Waals surface area contributed by atoms with Gasteiger partial charge in [0.15, 0.2) is 0 Å². The predicted octanol–water partition coefficient (Wildman–Crippen LogP) is 0.519. The van der Waals surface area contributed by atoms with Crippen LogP contribution in [0, 0.1) is 5.92 Å². The van der Waals surface area contributed by atoms with Crippen molar-refractivity contribution >= 4 is 34.3 Å². The van der Waals surface area contributed by atoms with Crippen molar-refractivity contribution in [1.29, 1.82) is 0 Å². The number of piperazine rings is 1. The Labute approximate surface area is 183 Å². The number of anilines is 1. The van der Waals surface area contributed by atoms with E-state index in [0.717, 1.165) is 62.2 Å². The van der Waals surface area contributed by atoms with E-state index < -0.39 is 21.2 Å². The molecule has 0 aromatic carbocycles. The van der Waals surface area contributed by atoms with E-state index in [1.807, 2.05) is 6.07 Å². The third-order valence-electron chi connectivity index (χ3n) is 6.68. The Hall–Kier alpha value is -1.49. The van der Waals surface area contributed by atoms with Gasteiger partial charge < -0.3 is 9.64 Å². The van der Waals surface area contributed by atoms with Crippen LogP contribution < -0.4 is 4.90 Å². The molecule has 0 aliphatic carbocycles. The van der Waals surface area contributed by atoms with Crippen molar-refractivity contribution in [2.45, 2.75) is 43.1 Å². The molecular formula is C19H28ClN5O4S. The molecule has 4 atom stereocenters. The number of amides is 1. The number of carbonyl (C=O) groups excluding carboxylic acids is 1. The second-order valence-corrected chi connectivity index (χ2v) is 10.3. The van der Waals surface area contributed by atoms with E-state index >= 15 is 0 Å². The summed E-state index contributed by atoms with van der Waals surface area (Å²) < 4.78 is 32.5. The van der Waals surface area contributed by atoms with E-state index in [4.69, 9.17) is 4.74 Å². The molecule has 1 aromatic heterocycles. The average Bonchev–Trinajstić information content (AvgIpc) is 3.41. The predicted molar refractivity (Wildman–Crippen MR) is 113 cm³/mol. The molecule has 0 radical (unpaired) electrons. The first-order valence-corrected chi connectivity index (χ1v) is 12.0. The monoisotopic (exact) mass is 457 g/mol. The van der Waals surface area contributed by atoms with Crippen molar-refractivity contribution in [2.24, 2.45) is 5.92 Å². The number of carbonyl (C=O) groups is 1. The van der Waals surface area contributed by atoms with Gasteiger partial charge in [0.25, 0.3) is 0 Å². The fraction of sp³-hybridized carbons (Fsp3) is 0.737. The number of sulfonamides is 1. The Bertz CT molecular complexity index is 865. The second kappa shape index (κ2) is 8.57. The number of fused-ring (bicyclic) bond motifs is 5. The highest BCUT2D eigenvalue weighted by Gasteiger charge is 2.65. The van der Waals surface area contributed by atoms with Crippen molar-refractivity contribution in [2.75, 3.05) is 44.2 Å². The van der Waals surface area contributed by atoms with Crippen molar-refractivity contribution < 1.29 is 17.9 Å². The lowest BCUT2D eigenvalue weighted by atomic mass is 9.88. The zero-order valence-corrected chi connectivity index (χ0v) is 18.4. The quantitative estimate of drug-likeness (QED) is 0.570. The number of rotatable bonds is 6. The fourth-order valence-corrected chi connectivity index (χ4v) is 7.50. The first kappa shape index (κ1) is 21.7. The van der Waals surface area contributed by atoms with Gasteiger partial charge in [-0.3, -0.25) is 9.69 Å². The number of nitrogens with zero attached hydrogens (tertiary/aromatic N) is 5. The van der Waals surface area contributed by atoms with Crippen LogP contribution in [0.3, 0.4) is 0 Å². The molecule has 0 N–H and O–H groups in total. The summed E-state index contributed by atoms with van der Waals surface area (Å²) in [5.41, 5.74) is 0. The smallest absolute Gasteiger partial charge is 0.243 e. The minimum Gasteiger partial charge on any atom is -0.373 e. The maximum absolute atomic E-state index is 12.8. The van der Waals surface area contributed by atoms with E-state index in [-0.39, 0.29) is 30.5 Å². The van der Waals surface area contributed by atoms with Crippen molar-refractivity contribution in [1.82, 2.24) is 19.2 Å². The van der Waals surface area contributed by atoms with Gasteiger partial charge >= 0.3 is 0 Å². The minimum atomic E-state index is -3.56. The van der Waals surface area contributed by atoms with Crippen LogP contribution in [0.5, 0.6) is 0 Å². The highest BCUT2D eigenvalue weighted by atomic mass is 35.5. The van der Waals surface area contributed by atoms with Gasteiger partial charge in [-0.25, -0.2) is 22.7 Å².